The number of hydrogen-bond acceptors (Lipinski definition) is 3. The number of halogens is 1. The van der Waals surface area contributed by atoms with Crippen LogP contribution >= 0.6 is 0 Å². The lowest BCUT2D eigenvalue weighted by molar-refractivity contribution is 0.389. The van der Waals surface area contributed by atoms with Crippen molar-refractivity contribution in [2.24, 2.45) is 0 Å². The monoisotopic (exact) mass is 260 g/mol. The maximum absolute atomic E-state index is 13.0. The summed E-state index contributed by atoms with van der Waals surface area (Å²) in [7, 11) is 1.59. The van der Waals surface area contributed by atoms with Crippen molar-refractivity contribution >= 4 is 12.2 Å². The van der Waals surface area contributed by atoms with Crippen LogP contribution in [-0.2, 0) is 0 Å². The lowest BCUT2D eigenvalue weighted by Gasteiger charge is -2.01. The zero-order chi connectivity index (χ0) is 13.8. The van der Waals surface area contributed by atoms with E-state index < -0.39 is 17.3 Å². The average Bonchev–Trinajstić information content (AvgIpc) is 2.43. The van der Waals surface area contributed by atoms with Crippen molar-refractivity contribution in [3.63, 3.8) is 0 Å². The maximum Gasteiger partial charge on any atom is 0.206 e. The van der Waals surface area contributed by atoms with Gasteiger partial charge in [0, 0.05) is 0 Å². The SMILES string of the molecule is COc1ccc(/C=C/c2cc(O)c(F)c(O)c2)cc1. The summed E-state index contributed by atoms with van der Waals surface area (Å²) in [5.74, 6) is -1.40. The van der Waals surface area contributed by atoms with Crippen LogP contribution in [0.25, 0.3) is 12.2 Å². The molecule has 0 unspecified atom stereocenters. The summed E-state index contributed by atoms with van der Waals surface area (Å²) >= 11 is 0. The molecule has 19 heavy (non-hydrogen) atoms. The lowest BCUT2D eigenvalue weighted by atomic mass is 10.1. The summed E-state index contributed by atoms with van der Waals surface area (Å²) in [5.41, 5.74) is 1.43. The van der Waals surface area contributed by atoms with Crippen LogP contribution in [0.15, 0.2) is 36.4 Å². The number of benzene rings is 2. The second kappa shape index (κ2) is 5.44. The third-order valence-electron chi connectivity index (χ3n) is 2.64. The van der Waals surface area contributed by atoms with Gasteiger partial charge in [0.25, 0.3) is 0 Å². The van der Waals surface area contributed by atoms with Gasteiger partial charge in [-0.3, -0.25) is 0 Å². The third-order valence-corrected chi connectivity index (χ3v) is 2.64. The van der Waals surface area contributed by atoms with E-state index in [4.69, 9.17) is 4.74 Å². The Balaban J connectivity index is 2.22. The van der Waals surface area contributed by atoms with E-state index in [9.17, 15) is 14.6 Å². The standard InChI is InChI=1S/C15H13FO3/c1-19-12-6-4-10(5-7-12)2-3-11-8-13(17)15(16)14(18)9-11/h2-9,17-18H,1H3/b3-2+. The van der Waals surface area contributed by atoms with Gasteiger partial charge in [-0.15, -0.1) is 0 Å². The topological polar surface area (TPSA) is 49.7 Å². The van der Waals surface area contributed by atoms with Gasteiger partial charge in [0.05, 0.1) is 7.11 Å². The van der Waals surface area contributed by atoms with Gasteiger partial charge in [-0.25, -0.2) is 0 Å². The normalized spacial score (nSPS) is 10.8. The molecule has 2 N–H and O–H groups in total. The molecular formula is C15H13FO3. The molecule has 0 fully saturated rings. The van der Waals surface area contributed by atoms with E-state index in [1.165, 1.54) is 12.1 Å². The number of methoxy groups -OCH3 is 1. The van der Waals surface area contributed by atoms with Gasteiger partial charge in [0.2, 0.25) is 5.82 Å². The molecular weight excluding hydrogens is 247 g/mol. The smallest absolute Gasteiger partial charge is 0.206 e. The minimum Gasteiger partial charge on any atom is -0.505 e. The number of hydrogen-bond donors (Lipinski definition) is 2. The van der Waals surface area contributed by atoms with Crippen LogP contribution in [0.1, 0.15) is 11.1 Å². The number of phenolic OH excluding ortho intramolecular Hbond substituents is 2. The molecule has 0 saturated heterocycles. The highest BCUT2D eigenvalue weighted by Crippen LogP contribution is 2.27. The summed E-state index contributed by atoms with van der Waals surface area (Å²) in [6, 6.07) is 9.85. The molecule has 0 spiro atoms. The van der Waals surface area contributed by atoms with Crippen molar-refractivity contribution in [2.45, 2.75) is 0 Å². The molecule has 0 saturated carbocycles. The van der Waals surface area contributed by atoms with E-state index in [0.29, 0.717) is 5.56 Å². The van der Waals surface area contributed by atoms with E-state index in [-0.39, 0.29) is 0 Å². The predicted molar refractivity (Wildman–Crippen MR) is 71.7 cm³/mol. The Bertz CT molecular complexity index is 580. The van der Waals surface area contributed by atoms with Crippen LogP contribution in [0.4, 0.5) is 4.39 Å². The minimum atomic E-state index is -1.01. The molecule has 0 aliphatic rings. The summed E-state index contributed by atoms with van der Waals surface area (Å²) in [6.45, 7) is 0. The van der Waals surface area contributed by atoms with Crippen LogP contribution < -0.4 is 4.74 Å². The first-order chi connectivity index (χ1) is 9.10. The van der Waals surface area contributed by atoms with Crippen molar-refractivity contribution in [1.29, 1.82) is 0 Å². The van der Waals surface area contributed by atoms with Gasteiger partial charge in [0.15, 0.2) is 11.5 Å². The van der Waals surface area contributed by atoms with E-state index in [0.717, 1.165) is 11.3 Å². The highest BCUT2D eigenvalue weighted by molar-refractivity contribution is 5.71. The van der Waals surface area contributed by atoms with Gasteiger partial charge in [-0.2, -0.15) is 4.39 Å². The predicted octanol–water partition coefficient (Wildman–Crippen LogP) is 3.42. The van der Waals surface area contributed by atoms with Gasteiger partial charge in [-0.05, 0) is 35.4 Å². The van der Waals surface area contributed by atoms with Gasteiger partial charge in [-0.1, -0.05) is 24.3 Å². The van der Waals surface area contributed by atoms with Crippen molar-refractivity contribution in [1.82, 2.24) is 0 Å². The average molecular weight is 260 g/mol. The molecule has 0 aliphatic heterocycles. The quantitative estimate of drug-likeness (QED) is 0.831. The molecule has 0 amide bonds. The summed E-state index contributed by atoms with van der Waals surface area (Å²) in [5, 5.41) is 18.5. The van der Waals surface area contributed by atoms with E-state index >= 15 is 0 Å². The fourth-order valence-corrected chi connectivity index (χ4v) is 1.62. The second-order valence-electron chi connectivity index (χ2n) is 3.98. The van der Waals surface area contributed by atoms with Crippen LogP contribution in [0.5, 0.6) is 17.2 Å². The van der Waals surface area contributed by atoms with Gasteiger partial charge < -0.3 is 14.9 Å². The first kappa shape index (κ1) is 13.0. The number of aromatic hydroxyl groups is 2. The Kier molecular flexibility index (Phi) is 3.71. The van der Waals surface area contributed by atoms with Crippen LogP contribution in [-0.4, -0.2) is 17.3 Å². The van der Waals surface area contributed by atoms with E-state index in [2.05, 4.69) is 0 Å². The zero-order valence-corrected chi connectivity index (χ0v) is 10.3. The first-order valence-electron chi connectivity index (χ1n) is 5.64. The van der Waals surface area contributed by atoms with Crippen molar-refractivity contribution in [2.75, 3.05) is 7.11 Å². The largest absolute Gasteiger partial charge is 0.505 e. The molecule has 3 nitrogen and oxygen atoms in total. The molecule has 0 aromatic heterocycles. The second-order valence-corrected chi connectivity index (χ2v) is 3.98. The fraction of sp³-hybridized carbons (Fsp3) is 0.0667. The molecule has 2 rings (SSSR count). The number of phenols is 2. The molecule has 2 aromatic carbocycles. The Morgan fingerprint density at radius 1 is 0.947 bits per heavy atom. The molecule has 0 aliphatic carbocycles. The molecule has 0 heterocycles. The van der Waals surface area contributed by atoms with Crippen LogP contribution in [0, 0.1) is 5.82 Å². The van der Waals surface area contributed by atoms with Gasteiger partial charge >= 0.3 is 0 Å². The minimum absolute atomic E-state index is 0.507. The van der Waals surface area contributed by atoms with E-state index in [1.807, 2.05) is 24.3 Å². The summed E-state index contributed by atoms with van der Waals surface area (Å²) in [6.07, 6.45) is 3.45. The Morgan fingerprint density at radius 3 is 2.00 bits per heavy atom. The van der Waals surface area contributed by atoms with Crippen LogP contribution in [0.3, 0.4) is 0 Å². The zero-order valence-electron chi connectivity index (χ0n) is 10.3. The van der Waals surface area contributed by atoms with Gasteiger partial charge in [0.1, 0.15) is 5.75 Å². The molecule has 4 heteroatoms. The lowest BCUT2D eigenvalue weighted by Crippen LogP contribution is -1.82. The first-order valence-corrected chi connectivity index (χ1v) is 5.64. The third kappa shape index (κ3) is 3.04. The molecule has 0 atom stereocenters. The van der Waals surface area contributed by atoms with Crippen molar-refractivity contribution < 1.29 is 19.3 Å². The summed E-state index contributed by atoms with van der Waals surface area (Å²) in [4.78, 5) is 0. The van der Waals surface area contributed by atoms with Crippen LogP contribution in [0.2, 0.25) is 0 Å². The number of rotatable bonds is 3. The molecule has 98 valence electrons. The number of ether oxygens (including phenoxy) is 1. The molecule has 2 aromatic rings. The Morgan fingerprint density at radius 2 is 1.47 bits per heavy atom. The van der Waals surface area contributed by atoms with E-state index in [1.54, 1.807) is 19.3 Å². The summed E-state index contributed by atoms with van der Waals surface area (Å²) < 4.78 is 18.1. The van der Waals surface area contributed by atoms with Crippen molar-refractivity contribution in [3.05, 3.63) is 53.3 Å². The van der Waals surface area contributed by atoms with Crippen molar-refractivity contribution in [3.8, 4) is 17.2 Å². The Labute approximate surface area is 110 Å². The highest BCUT2D eigenvalue weighted by atomic mass is 19.1. The Hall–Kier alpha value is -2.49. The maximum atomic E-state index is 13.0. The fourth-order valence-electron chi connectivity index (χ4n) is 1.62. The highest BCUT2D eigenvalue weighted by Gasteiger charge is 2.07. The molecule has 0 radical (unpaired) electrons. The molecule has 0 bridgehead atoms.